The lowest BCUT2D eigenvalue weighted by Crippen LogP contribution is -2.18. The number of hydrogen-bond donors (Lipinski definition) is 0. The van der Waals surface area contributed by atoms with Crippen LogP contribution in [0.25, 0.3) is 0 Å². The molecule has 0 aromatic heterocycles. The molecule has 1 aliphatic heterocycles. The van der Waals surface area contributed by atoms with Gasteiger partial charge in [0.1, 0.15) is 5.76 Å². The van der Waals surface area contributed by atoms with Gasteiger partial charge in [0.05, 0.1) is 6.10 Å². The lowest BCUT2D eigenvalue weighted by atomic mass is 9.97. The first-order valence-corrected chi connectivity index (χ1v) is 7.99. The standard InChI is InChI=1S/C20H26F2O/c1-5-9-18(21)19(22)11-8-7-10-17-13-12-16(14-15(3)4)20(6-2)23-17/h5-6,9,11,14,17H,1-2,7-8,10,12-13H2,3-4H3/b18-9+,19-11+. The molecule has 0 aromatic rings. The molecule has 0 aromatic carbocycles. The van der Waals surface area contributed by atoms with Crippen LogP contribution in [0.15, 0.2) is 72.1 Å². The summed E-state index contributed by atoms with van der Waals surface area (Å²) < 4.78 is 32.4. The fourth-order valence-electron chi connectivity index (χ4n) is 2.48. The molecule has 0 radical (unpaired) electrons. The largest absolute Gasteiger partial charge is 0.490 e. The number of halogens is 2. The zero-order chi connectivity index (χ0) is 17.2. The molecule has 0 saturated carbocycles. The molecule has 0 amide bonds. The van der Waals surface area contributed by atoms with E-state index in [9.17, 15) is 8.78 Å². The molecule has 1 rings (SSSR count). The Kier molecular flexibility index (Phi) is 8.31. The van der Waals surface area contributed by atoms with E-state index in [0.29, 0.717) is 6.42 Å². The van der Waals surface area contributed by atoms with Crippen molar-refractivity contribution in [2.24, 2.45) is 0 Å². The predicted octanol–water partition coefficient (Wildman–Crippen LogP) is 6.63. The molecule has 3 heteroatoms. The molecule has 0 saturated heterocycles. The van der Waals surface area contributed by atoms with Crippen LogP contribution in [0.1, 0.15) is 46.0 Å². The summed E-state index contributed by atoms with van der Waals surface area (Å²) in [5.74, 6) is -0.867. The summed E-state index contributed by atoms with van der Waals surface area (Å²) in [6.45, 7) is 11.3. The Labute approximate surface area is 138 Å². The highest BCUT2D eigenvalue weighted by atomic mass is 19.2. The van der Waals surface area contributed by atoms with Crippen LogP contribution in [0.5, 0.6) is 0 Å². The second-order valence-corrected chi connectivity index (χ2v) is 5.83. The molecular weight excluding hydrogens is 294 g/mol. The van der Waals surface area contributed by atoms with Gasteiger partial charge in [-0.3, -0.25) is 0 Å². The maximum atomic E-state index is 13.3. The van der Waals surface area contributed by atoms with E-state index >= 15 is 0 Å². The van der Waals surface area contributed by atoms with Crippen molar-refractivity contribution in [3.8, 4) is 0 Å². The van der Waals surface area contributed by atoms with Crippen LogP contribution >= 0.6 is 0 Å². The number of allylic oxidation sites excluding steroid dienone is 9. The zero-order valence-electron chi connectivity index (χ0n) is 14.1. The second kappa shape index (κ2) is 9.98. The van der Waals surface area contributed by atoms with Crippen LogP contribution in [0.2, 0.25) is 0 Å². The molecule has 1 heterocycles. The van der Waals surface area contributed by atoms with Crippen molar-refractivity contribution >= 4 is 0 Å². The number of rotatable bonds is 8. The Morgan fingerprint density at radius 3 is 2.61 bits per heavy atom. The first-order valence-electron chi connectivity index (χ1n) is 7.99. The summed E-state index contributed by atoms with van der Waals surface area (Å²) in [5, 5.41) is 0. The van der Waals surface area contributed by atoms with E-state index in [-0.39, 0.29) is 6.10 Å². The highest BCUT2D eigenvalue weighted by molar-refractivity contribution is 5.31. The van der Waals surface area contributed by atoms with E-state index in [1.165, 1.54) is 23.3 Å². The first kappa shape index (κ1) is 19.1. The van der Waals surface area contributed by atoms with E-state index in [4.69, 9.17) is 4.74 Å². The van der Waals surface area contributed by atoms with Crippen LogP contribution in [0.4, 0.5) is 8.78 Å². The third-order valence-electron chi connectivity index (χ3n) is 3.54. The van der Waals surface area contributed by atoms with Crippen molar-refractivity contribution < 1.29 is 13.5 Å². The Bertz CT molecular complexity index is 546. The van der Waals surface area contributed by atoms with Crippen molar-refractivity contribution in [3.05, 3.63) is 72.1 Å². The Morgan fingerprint density at radius 2 is 2.00 bits per heavy atom. The molecular formula is C20H26F2O. The molecule has 1 nitrogen and oxygen atoms in total. The highest BCUT2D eigenvalue weighted by Gasteiger charge is 2.19. The molecule has 1 atom stereocenters. The van der Waals surface area contributed by atoms with E-state index in [1.807, 2.05) is 0 Å². The number of hydrogen-bond acceptors (Lipinski definition) is 1. The summed E-state index contributed by atoms with van der Waals surface area (Å²) in [6.07, 6.45) is 11.4. The SMILES string of the molecule is C=C/C=C(F)\C(F)=C/CCCC1CCC(C=C(C)C)=C(C=C)O1. The van der Waals surface area contributed by atoms with E-state index < -0.39 is 11.7 Å². The monoisotopic (exact) mass is 320 g/mol. The Balaban J connectivity index is 2.50. The van der Waals surface area contributed by atoms with E-state index in [2.05, 4.69) is 33.1 Å². The van der Waals surface area contributed by atoms with Gasteiger partial charge in [-0.15, -0.1) is 0 Å². The number of unbranched alkanes of at least 4 members (excludes halogenated alkanes) is 1. The van der Waals surface area contributed by atoms with Gasteiger partial charge in [-0.1, -0.05) is 30.9 Å². The van der Waals surface area contributed by atoms with Crippen molar-refractivity contribution in [1.82, 2.24) is 0 Å². The van der Waals surface area contributed by atoms with E-state index in [1.54, 1.807) is 6.08 Å². The third kappa shape index (κ3) is 6.81. The molecule has 0 spiro atoms. The van der Waals surface area contributed by atoms with Crippen molar-refractivity contribution in [1.29, 1.82) is 0 Å². The van der Waals surface area contributed by atoms with Crippen LogP contribution in [-0.2, 0) is 4.74 Å². The average molecular weight is 320 g/mol. The van der Waals surface area contributed by atoms with Gasteiger partial charge in [0, 0.05) is 0 Å². The predicted molar refractivity (Wildman–Crippen MR) is 93.2 cm³/mol. The third-order valence-corrected chi connectivity index (χ3v) is 3.54. The summed E-state index contributed by atoms with van der Waals surface area (Å²) in [4.78, 5) is 0. The average Bonchev–Trinajstić information content (AvgIpc) is 2.52. The van der Waals surface area contributed by atoms with Crippen molar-refractivity contribution in [2.45, 2.75) is 52.1 Å². The molecule has 0 fully saturated rings. The fourth-order valence-corrected chi connectivity index (χ4v) is 2.48. The minimum Gasteiger partial charge on any atom is -0.490 e. The minimum atomic E-state index is -0.878. The molecule has 1 aliphatic rings. The van der Waals surface area contributed by atoms with Gasteiger partial charge in [-0.05, 0) is 69.8 Å². The van der Waals surface area contributed by atoms with Crippen molar-refractivity contribution in [3.63, 3.8) is 0 Å². The maximum absolute atomic E-state index is 13.3. The molecule has 0 N–H and O–H groups in total. The lowest BCUT2D eigenvalue weighted by molar-refractivity contribution is 0.0923. The van der Waals surface area contributed by atoms with Crippen LogP contribution < -0.4 is 0 Å². The first-order chi connectivity index (χ1) is 11.0. The fraction of sp³-hybridized carbons (Fsp3) is 0.400. The second-order valence-electron chi connectivity index (χ2n) is 5.83. The van der Waals surface area contributed by atoms with Gasteiger partial charge < -0.3 is 4.74 Å². The summed E-state index contributed by atoms with van der Waals surface area (Å²) in [7, 11) is 0. The van der Waals surface area contributed by atoms with Crippen LogP contribution in [0, 0.1) is 0 Å². The molecule has 0 bridgehead atoms. The van der Waals surface area contributed by atoms with Gasteiger partial charge in [0.25, 0.3) is 0 Å². The van der Waals surface area contributed by atoms with Crippen LogP contribution in [0.3, 0.4) is 0 Å². The topological polar surface area (TPSA) is 9.23 Å². The molecule has 0 aliphatic carbocycles. The smallest absolute Gasteiger partial charge is 0.158 e. The summed E-state index contributed by atoms with van der Waals surface area (Å²) >= 11 is 0. The van der Waals surface area contributed by atoms with Crippen LogP contribution in [-0.4, -0.2) is 6.10 Å². The number of ether oxygens (including phenoxy) is 1. The minimum absolute atomic E-state index is 0.113. The zero-order valence-corrected chi connectivity index (χ0v) is 14.1. The van der Waals surface area contributed by atoms with Gasteiger partial charge in [-0.25, -0.2) is 8.78 Å². The van der Waals surface area contributed by atoms with Gasteiger partial charge >= 0.3 is 0 Å². The molecule has 126 valence electrons. The van der Waals surface area contributed by atoms with Gasteiger partial charge in [0.15, 0.2) is 11.7 Å². The quantitative estimate of drug-likeness (QED) is 0.360. The van der Waals surface area contributed by atoms with Crippen molar-refractivity contribution in [2.75, 3.05) is 0 Å². The Morgan fingerprint density at radius 1 is 1.26 bits per heavy atom. The van der Waals surface area contributed by atoms with Gasteiger partial charge in [0.2, 0.25) is 0 Å². The summed E-state index contributed by atoms with van der Waals surface area (Å²) in [6, 6.07) is 0. The summed E-state index contributed by atoms with van der Waals surface area (Å²) in [5.41, 5.74) is 2.41. The maximum Gasteiger partial charge on any atom is 0.158 e. The normalized spacial score (nSPS) is 19.2. The van der Waals surface area contributed by atoms with Gasteiger partial charge in [-0.2, -0.15) is 0 Å². The molecule has 23 heavy (non-hydrogen) atoms. The molecule has 1 unspecified atom stereocenters. The van der Waals surface area contributed by atoms with E-state index in [0.717, 1.165) is 37.5 Å². The Hall–Kier alpha value is -1.90. The highest BCUT2D eigenvalue weighted by Crippen LogP contribution is 2.28. The lowest BCUT2D eigenvalue weighted by Gasteiger charge is -2.26.